The van der Waals surface area contributed by atoms with E-state index in [1.807, 2.05) is 0 Å². The van der Waals surface area contributed by atoms with Crippen LogP contribution in [0.2, 0.25) is 0 Å². The number of hydrogen-bond donors (Lipinski definition) is 2. The van der Waals surface area contributed by atoms with Gasteiger partial charge in [0.25, 0.3) is 11.8 Å². The Bertz CT molecular complexity index is 983. The first kappa shape index (κ1) is 15.9. The fraction of sp³-hybridized carbons (Fsp3) is 0. The number of hydrogen-bond acceptors (Lipinski definition) is 4. The third-order valence-electron chi connectivity index (χ3n) is 3.26. The molecular formula is C17H11BrN2O4. The largest absolute Gasteiger partial charge is 0.422 e. The maximum absolute atomic E-state index is 12.1. The molecule has 3 rings (SSSR count). The van der Waals surface area contributed by atoms with E-state index in [1.54, 1.807) is 48.5 Å². The highest BCUT2D eigenvalue weighted by Gasteiger charge is 2.15. The Kier molecular flexibility index (Phi) is 4.43. The highest BCUT2D eigenvalue weighted by molar-refractivity contribution is 9.10. The molecule has 0 fully saturated rings. The Morgan fingerprint density at radius 2 is 1.62 bits per heavy atom. The van der Waals surface area contributed by atoms with Gasteiger partial charge in [-0.15, -0.1) is 0 Å². The van der Waals surface area contributed by atoms with Crippen molar-refractivity contribution in [3.05, 3.63) is 80.6 Å². The first-order valence-corrected chi connectivity index (χ1v) is 7.73. The molecule has 0 spiro atoms. The summed E-state index contributed by atoms with van der Waals surface area (Å²) in [6.07, 6.45) is 0. The van der Waals surface area contributed by atoms with E-state index in [-0.39, 0.29) is 5.56 Å². The zero-order valence-electron chi connectivity index (χ0n) is 12.2. The lowest BCUT2D eigenvalue weighted by molar-refractivity contribution is 0.0844. The maximum Gasteiger partial charge on any atom is 0.349 e. The van der Waals surface area contributed by atoms with Crippen LogP contribution in [0.5, 0.6) is 0 Å². The zero-order chi connectivity index (χ0) is 17.1. The molecule has 24 heavy (non-hydrogen) atoms. The lowest BCUT2D eigenvalue weighted by Gasteiger charge is -2.07. The van der Waals surface area contributed by atoms with E-state index >= 15 is 0 Å². The number of hydrazine groups is 1. The van der Waals surface area contributed by atoms with Crippen molar-refractivity contribution < 1.29 is 14.0 Å². The molecule has 0 saturated heterocycles. The van der Waals surface area contributed by atoms with E-state index in [9.17, 15) is 14.4 Å². The number of carbonyl (C=O) groups excluding carboxylic acids is 2. The molecule has 1 heterocycles. The number of rotatable bonds is 2. The second-order valence-electron chi connectivity index (χ2n) is 4.90. The van der Waals surface area contributed by atoms with Gasteiger partial charge in [0.05, 0.1) is 0 Å². The number of carbonyl (C=O) groups is 2. The Labute approximate surface area is 144 Å². The van der Waals surface area contributed by atoms with Crippen LogP contribution in [0.15, 0.2) is 68.3 Å². The first-order valence-electron chi connectivity index (χ1n) is 6.94. The average molecular weight is 387 g/mol. The minimum absolute atomic E-state index is 0.200. The summed E-state index contributed by atoms with van der Waals surface area (Å²) in [6.45, 7) is 0. The number of fused-ring (bicyclic) bond motifs is 1. The summed E-state index contributed by atoms with van der Waals surface area (Å²) in [6, 6.07) is 14.9. The summed E-state index contributed by atoms with van der Waals surface area (Å²) in [5.41, 5.74) is 4.23. The van der Waals surface area contributed by atoms with Crippen molar-refractivity contribution >= 4 is 38.7 Å². The summed E-state index contributed by atoms with van der Waals surface area (Å²) in [7, 11) is 0. The van der Waals surface area contributed by atoms with Crippen LogP contribution in [0.1, 0.15) is 20.7 Å². The van der Waals surface area contributed by atoms with Crippen molar-refractivity contribution in [2.75, 3.05) is 0 Å². The first-order chi connectivity index (χ1) is 11.5. The molecule has 0 bridgehead atoms. The van der Waals surface area contributed by atoms with Crippen LogP contribution in [0.3, 0.4) is 0 Å². The summed E-state index contributed by atoms with van der Waals surface area (Å²) >= 11 is 3.31. The molecule has 2 amide bonds. The second-order valence-corrected chi connectivity index (χ2v) is 5.82. The van der Waals surface area contributed by atoms with Crippen LogP contribution < -0.4 is 16.5 Å². The standard InChI is InChI=1S/C17H11BrN2O4/c18-12-6-7-14-11(8-12)9-13(17(23)24-14)16(22)20-19-15(21)10-4-2-1-3-5-10/h1-9H,(H,19,21)(H,20,22). The Morgan fingerprint density at radius 3 is 2.38 bits per heavy atom. The average Bonchev–Trinajstić information content (AvgIpc) is 2.60. The van der Waals surface area contributed by atoms with Crippen molar-refractivity contribution in [2.24, 2.45) is 0 Å². The number of amides is 2. The van der Waals surface area contributed by atoms with Gasteiger partial charge in [0.2, 0.25) is 0 Å². The van der Waals surface area contributed by atoms with Gasteiger partial charge in [-0.3, -0.25) is 20.4 Å². The van der Waals surface area contributed by atoms with Gasteiger partial charge in [-0.05, 0) is 36.4 Å². The molecule has 0 atom stereocenters. The SMILES string of the molecule is O=C(NNC(=O)c1cc2cc(Br)ccc2oc1=O)c1ccccc1. The second kappa shape index (κ2) is 6.67. The highest BCUT2D eigenvalue weighted by atomic mass is 79.9. The molecule has 2 aromatic carbocycles. The fourth-order valence-corrected chi connectivity index (χ4v) is 2.47. The molecule has 0 unspecified atom stereocenters. The highest BCUT2D eigenvalue weighted by Crippen LogP contribution is 2.19. The predicted octanol–water partition coefficient (Wildman–Crippen LogP) is 2.63. The molecule has 0 aliphatic rings. The number of halogens is 1. The van der Waals surface area contributed by atoms with E-state index in [4.69, 9.17) is 4.42 Å². The smallest absolute Gasteiger partial charge is 0.349 e. The summed E-state index contributed by atoms with van der Waals surface area (Å²) in [5, 5.41) is 0.587. The molecule has 0 aliphatic carbocycles. The van der Waals surface area contributed by atoms with Gasteiger partial charge in [-0.1, -0.05) is 34.1 Å². The van der Waals surface area contributed by atoms with Crippen molar-refractivity contribution in [3.8, 4) is 0 Å². The van der Waals surface area contributed by atoms with Crippen molar-refractivity contribution in [2.45, 2.75) is 0 Å². The van der Waals surface area contributed by atoms with Gasteiger partial charge in [0.15, 0.2) is 0 Å². The van der Waals surface area contributed by atoms with Crippen molar-refractivity contribution in [1.82, 2.24) is 10.9 Å². The molecule has 1 aromatic heterocycles. The quantitative estimate of drug-likeness (QED) is 0.523. The van der Waals surface area contributed by atoms with E-state index in [2.05, 4.69) is 26.8 Å². The van der Waals surface area contributed by atoms with E-state index < -0.39 is 17.4 Å². The molecule has 120 valence electrons. The van der Waals surface area contributed by atoms with Crippen LogP contribution in [-0.4, -0.2) is 11.8 Å². The van der Waals surface area contributed by atoms with Crippen LogP contribution in [0, 0.1) is 0 Å². The van der Waals surface area contributed by atoms with Gasteiger partial charge in [-0.25, -0.2) is 4.79 Å². The van der Waals surface area contributed by atoms with Gasteiger partial charge in [0, 0.05) is 15.4 Å². The van der Waals surface area contributed by atoms with Crippen LogP contribution >= 0.6 is 15.9 Å². The molecule has 2 N–H and O–H groups in total. The van der Waals surface area contributed by atoms with Gasteiger partial charge in [-0.2, -0.15) is 0 Å². The van der Waals surface area contributed by atoms with Crippen LogP contribution in [0.4, 0.5) is 0 Å². The lowest BCUT2D eigenvalue weighted by Crippen LogP contribution is -2.43. The monoisotopic (exact) mass is 386 g/mol. The van der Waals surface area contributed by atoms with Gasteiger partial charge < -0.3 is 4.42 Å². The van der Waals surface area contributed by atoms with Gasteiger partial charge in [0.1, 0.15) is 11.1 Å². The summed E-state index contributed by atoms with van der Waals surface area (Å²) in [5.74, 6) is -1.24. The van der Waals surface area contributed by atoms with Gasteiger partial charge >= 0.3 is 5.63 Å². The summed E-state index contributed by atoms with van der Waals surface area (Å²) < 4.78 is 5.90. The van der Waals surface area contributed by atoms with Crippen LogP contribution in [-0.2, 0) is 0 Å². The van der Waals surface area contributed by atoms with E-state index in [1.165, 1.54) is 6.07 Å². The van der Waals surface area contributed by atoms with Crippen LogP contribution in [0.25, 0.3) is 11.0 Å². The molecular weight excluding hydrogens is 376 g/mol. The molecule has 0 saturated carbocycles. The number of nitrogens with one attached hydrogen (secondary N) is 2. The zero-order valence-corrected chi connectivity index (χ0v) is 13.8. The fourth-order valence-electron chi connectivity index (χ4n) is 2.10. The third-order valence-corrected chi connectivity index (χ3v) is 3.76. The third kappa shape index (κ3) is 3.36. The van der Waals surface area contributed by atoms with Crippen molar-refractivity contribution in [1.29, 1.82) is 0 Å². The lowest BCUT2D eigenvalue weighted by atomic mass is 10.2. The molecule has 0 aliphatic heterocycles. The Balaban J connectivity index is 1.80. The van der Waals surface area contributed by atoms with E-state index in [0.717, 1.165) is 4.47 Å². The maximum atomic E-state index is 12.1. The number of benzene rings is 2. The Morgan fingerprint density at radius 1 is 0.917 bits per heavy atom. The minimum atomic E-state index is -0.781. The molecule has 6 nitrogen and oxygen atoms in total. The normalized spacial score (nSPS) is 10.4. The Hall–Kier alpha value is -2.93. The molecule has 3 aromatic rings. The molecule has 7 heteroatoms. The van der Waals surface area contributed by atoms with Crippen molar-refractivity contribution in [3.63, 3.8) is 0 Å². The minimum Gasteiger partial charge on any atom is -0.422 e. The topological polar surface area (TPSA) is 88.4 Å². The summed E-state index contributed by atoms with van der Waals surface area (Å²) in [4.78, 5) is 35.9. The van der Waals surface area contributed by atoms with E-state index in [0.29, 0.717) is 16.5 Å². The predicted molar refractivity (Wildman–Crippen MR) is 91.6 cm³/mol. The molecule has 0 radical (unpaired) electrons.